The molecule has 0 fully saturated rings. The van der Waals surface area contributed by atoms with Crippen LogP contribution in [0, 0.1) is 0 Å². The number of rotatable bonds is 5. The maximum absolute atomic E-state index is 11.5. The Labute approximate surface area is 159 Å². The monoisotopic (exact) mass is 382 g/mol. The third-order valence-corrected chi connectivity index (χ3v) is 4.76. The van der Waals surface area contributed by atoms with Gasteiger partial charge >= 0.3 is 0 Å². The largest absolute Gasteiger partial charge is 0.507 e. The number of nitrogens with two attached hydrogens (primary N) is 1. The van der Waals surface area contributed by atoms with Crippen LogP contribution >= 0.6 is 11.3 Å². The lowest BCUT2D eigenvalue weighted by atomic mass is 10.1. The van der Waals surface area contributed by atoms with Crippen molar-refractivity contribution in [1.82, 2.24) is 4.68 Å². The average Bonchev–Trinajstić information content (AvgIpc) is 3.09. The first-order valence-corrected chi connectivity index (χ1v) is 8.86. The van der Waals surface area contributed by atoms with E-state index in [2.05, 4.69) is 10.1 Å². The molecular weight excluding hydrogens is 364 g/mol. The summed E-state index contributed by atoms with van der Waals surface area (Å²) in [5.74, 6) is -0.121. The number of hydrogen-bond acceptors (Lipinski definition) is 6. The second-order valence-electron chi connectivity index (χ2n) is 5.56. The number of primary amides is 1. The number of amides is 1. The van der Waals surface area contributed by atoms with Crippen LogP contribution in [0.25, 0.3) is 11.3 Å². The minimum Gasteiger partial charge on any atom is -0.507 e. The molecule has 8 heteroatoms. The van der Waals surface area contributed by atoms with Gasteiger partial charge in [-0.1, -0.05) is 12.1 Å². The standard InChI is InChI=1S/C19H18N4O3S/c1-21-19-23(22-10-12-4-3-5-14(8-12)26-2)16(11-27-19)13-6-7-17(24)15(9-13)18(20)25/h3-11,24H,1-2H3,(H2,20,25)/b21-19?,22-10-. The summed E-state index contributed by atoms with van der Waals surface area (Å²) in [4.78, 5) is 16.4. The van der Waals surface area contributed by atoms with Crippen LogP contribution in [0.4, 0.5) is 0 Å². The van der Waals surface area contributed by atoms with Crippen LogP contribution in [0.1, 0.15) is 15.9 Å². The topological polar surface area (TPSA) is 102 Å². The zero-order valence-corrected chi connectivity index (χ0v) is 15.6. The molecule has 0 unspecified atom stereocenters. The first-order chi connectivity index (χ1) is 13.0. The molecule has 1 heterocycles. The van der Waals surface area contributed by atoms with E-state index in [1.54, 1.807) is 31.1 Å². The van der Waals surface area contributed by atoms with Gasteiger partial charge in [0.1, 0.15) is 11.5 Å². The summed E-state index contributed by atoms with van der Waals surface area (Å²) in [6, 6.07) is 12.2. The molecule has 0 saturated heterocycles. The van der Waals surface area contributed by atoms with Gasteiger partial charge in [0.2, 0.25) is 4.80 Å². The Morgan fingerprint density at radius 2 is 2.11 bits per heavy atom. The Morgan fingerprint density at radius 1 is 1.30 bits per heavy atom. The number of carbonyl (C=O) groups is 1. The molecule has 0 spiro atoms. The third kappa shape index (κ3) is 3.90. The van der Waals surface area contributed by atoms with E-state index in [-0.39, 0.29) is 11.3 Å². The smallest absolute Gasteiger partial charge is 0.252 e. The van der Waals surface area contributed by atoms with Crippen molar-refractivity contribution >= 4 is 23.5 Å². The molecule has 0 bridgehead atoms. The van der Waals surface area contributed by atoms with E-state index in [1.165, 1.54) is 23.5 Å². The molecule has 0 aliphatic rings. The van der Waals surface area contributed by atoms with Crippen molar-refractivity contribution in [3.8, 4) is 22.8 Å². The molecule has 0 radical (unpaired) electrons. The molecule has 7 nitrogen and oxygen atoms in total. The fourth-order valence-corrected chi connectivity index (χ4v) is 3.30. The summed E-state index contributed by atoms with van der Waals surface area (Å²) in [6.07, 6.45) is 1.70. The molecule has 0 atom stereocenters. The van der Waals surface area contributed by atoms with Crippen LogP contribution in [0.5, 0.6) is 11.5 Å². The predicted molar refractivity (Wildman–Crippen MR) is 105 cm³/mol. The number of benzene rings is 2. The first kappa shape index (κ1) is 18.4. The molecule has 27 heavy (non-hydrogen) atoms. The number of aromatic nitrogens is 1. The van der Waals surface area contributed by atoms with Crippen LogP contribution in [0.15, 0.2) is 57.9 Å². The fourth-order valence-electron chi connectivity index (χ4n) is 2.50. The van der Waals surface area contributed by atoms with Crippen molar-refractivity contribution in [2.45, 2.75) is 0 Å². The van der Waals surface area contributed by atoms with E-state index in [4.69, 9.17) is 10.5 Å². The van der Waals surface area contributed by atoms with E-state index in [1.807, 2.05) is 29.6 Å². The summed E-state index contributed by atoms with van der Waals surface area (Å²) in [7, 11) is 3.29. The molecule has 3 N–H and O–H groups in total. The van der Waals surface area contributed by atoms with Crippen molar-refractivity contribution in [2.24, 2.45) is 15.8 Å². The summed E-state index contributed by atoms with van der Waals surface area (Å²) in [5.41, 5.74) is 7.66. The van der Waals surface area contributed by atoms with Crippen LogP contribution in [-0.2, 0) is 0 Å². The highest BCUT2D eigenvalue weighted by Gasteiger charge is 2.13. The second kappa shape index (κ2) is 7.88. The molecule has 0 aliphatic carbocycles. The molecule has 3 rings (SSSR count). The van der Waals surface area contributed by atoms with Gasteiger partial charge in [-0.25, -0.2) is 4.68 Å². The van der Waals surface area contributed by atoms with Crippen LogP contribution in [-0.4, -0.2) is 36.1 Å². The third-order valence-electron chi connectivity index (χ3n) is 3.85. The van der Waals surface area contributed by atoms with Gasteiger partial charge in [-0.15, -0.1) is 11.3 Å². The number of phenols is 1. The van der Waals surface area contributed by atoms with Gasteiger partial charge in [0.05, 0.1) is 24.6 Å². The van der Waals surface area contributed by atoms with Crippen molar-refractivity contribution in [1.29, 1.82) is 0 Å². The van der Waals surface area contributed by atoms with Gasteiger partial charge in [0, 0.05) is 18.0 Å². The molecule has 2 aromatic carbocycles. The number of aromatic hydroxyl groups is 1. The maximum atomic E-state index is 11.5. The van der Waals surface area contributed by atoms with Crippen molar-refractivity contribution < 1.29 is 14.6 Å². The normalized spacial score (nSPS) is 11.9. The second-order valence-corrected chi connectivity index (χ2v) is 6.39. The molecule has 3 aromatic rings. The van der Waals surface area contributed by atoms with Gasteiger partial charge in [-0.3, -0.25) is 9.79 Å². The predicted octanol–water partition coefficient (Wildman–Crippen LogP) is 2.44. The summed E-state index contributed by atoms with van der Waals surface area (Å²) >= 11 is 1.41. The van der Waals surface area contributed by atoms with E-state index in [0.29, 0.717) is 10.4 Å². The van der Waals surface area contributed by atoms with E-state index in [0.717, 1.165) is 17.0 Å². The van der Waals surface area contributed by atoms with Gasteiger partial charge in [-0.05, 0) is 35.9 Å². The summed E-state index contributed by atoms with van der Waals surface area (Å²) in [5, 5.41) is 16.2. The Balaban J connectivity index is 2.07. The van der Waals surface area contributed by atoms with Gasteiger partial charge in [-0.2, -0.15) is 5.10 Å². The van der Waals surface area contributed by atoms with E-state index >= 15 is 0 Å². The lowest BCUT2D eigenvalue weighted by Gasteiger charge is -2.06. The average molecular weight is 382 g/mol. The summed E-state index contributed by atoms with van der Waals surface area (Å²) in [6.45, 7) is 0. The van der Waals surface area contributed by atoms with Crippen LogP contribution in [0.2, 0.25) is 0 Å². The number of ether oxygens (including phenoxy) is 1. The molecule has 1 aromatic heterocycles. The van der Waals surface area contributed by atoms with Gasteiger partial charge in [0.15, 0.2) is 0 Å². The number of thiazole rings is 1. The fraction of sp³-hybridized carbons (Fsp3) is 0.105. The minimum absolute atomic E-state index is 0.0528. The van der Waals surface area contributed by atoms with E-state index < -0.39 is 5.91 Å². The Morgan fingerprint density at radius 3 is 2.81 bits per heavy atom. The van der Waals surface area contributed by atoms with Gasteiger partial charge < -0.3 is 15.6 Å². The maximum Gasteiger partial charge on any atom is 0.252 e. The minimum atomic E-state index is -0.698. The quantitative estimate of drug-likeness (QED) is 0.663. The Hall–Kier alpha value is -3.39. The number of hydrogen-bond donors (Lipinski definition) is 2. The number of carbonyl (C=O) groups excluding carboxylic acids is 1. The molecule has 1 amide bonds. The molecule has 138 valence electrons. The van der Waals surface area contributed by atoms with Crippen LogP contribution < -0.4 is 15.3 Å². The van der Waals surface area contributed by atoms with Crippen LogP contribution in [0.3, 0.4) is 0 Å². The zero-order valence-electron chi connectivity index (χ0n) is 14.8. The number of methoxy groups -OCH3 is 1. The highest BCUT2D eigenvalue weighted by Crippen LogP contribution is 2.26. The molecular formula is C19H18N4O3S. The Kier molecular flexibility index (Phi) is 5.37. The Bertz CT molecular complexity index is 1080. The lowest BCUT2D eigenvalue weighted by Crippen LogP contribution is -2.13. The van der Waals surface area contributed by atoms with Gasteiger partial charge in [0.25, 0.3) is 5.91 Å². The van der Waals surface area contributed by atoms with E-state index in [9.17, 15) is 9.90 Å². The molecule has 0 saturated carbocycles. The first-order valence-electron chi connectivity index (χ1n) is 7.98. The number of nitrogens with zero attached hydrogens (tertiary/aromatic N) is 3. The highest BCUT2D eigenvalue weighted by molar-refractivity contribution is 7.07. The molecule has 0 aliphatic heterocycles. The SMILES string of the molecule is CN=c1scc(-c2ccc(O)c(C(N)=O)c2)n1/N=C\c1cccc(OC)c1. The van der Waals surface area contributed by atoms with Crippen molar-refractivity contribution in [3.05, 3.63) is 63.8 Å². The van der Waals surface area contributed by atoms with Crippen molar-refractivity contribution in [2.75, 3.05) is 14.2 Å². The lowest BCUT2D eigenvalue weighted by molar-refractivity contribution is 0.0998. The zero-order chi connectivity index (χ0) is 19.4. The summed E-state index contributed by atoms with van der Waals surface area (Å²) < 4.78 is 6.89. The highest BCUT2D eigenvalue weighted by atomic mass is 32.1. The van der Waals surface area contributed by atoms with Crippen molar-refractivity contribution in [3.63, 3.8) is 0 Å².